The van der Waals surface area contributed by atoms with Gasteiger partial charge in [-0.25, -0.2) is 4.39 Å². The van der Waals surface area contributed by atoms with Crippen molar-refractivity contribution in [1.29, 1.82) is 5.26 Å². The number of hydrogen-bond acceptors (Lipinski definition) is 2. The third kappa shape index (κ3) is 3.06. The molecule has 0 fully saturated rings. The second kappa shape index (κ2) is 5.11. The van der Waals surface area contributed by atoms with Crippen molar-refractivity contribution in [3.05, 3.63) is 35.9 Å². The summed E-state index contributed by atoms with van der Waals surface area (Å²) in [7, 11) is 0. The zero-order valence-corrected chi connectivity index (χ0v) is 8.27. The third-order valence-electron chi connectivity index (χ3n) is 2.00. The van der Waals surface area contributed by atoms with E-state index in [4.69, 9.17) is 5.26 Å². The molecular weight excluding hydrogens is 195 g/mol. The average Bonchev–Trinajstić information content (AvgIpc) is 2.29. The van der Waals surface area contributed by atoms with E-state index in [0.717, 1.165) is 5.56 Å². The molecule has 3 nitrogen and oxygen atoms in total. The van der Waals surface area contributed by atoms with E-state index in [1.54, 1.807) is 6.92 Å². The molecule has 0 heterocycles. The van der Waals surface area contributed by atoms with Gasteiger partial charge >= 0.3 is 0 Å². The predicted octanol–water partition coefficient (Wildman–Crippen LogP) is 1.73. The van der Waals surface area contributed by atoms with Gasteiger partial charge in [-0.1, -0.05) is 30.3 Å². The number of rotatable bonds is 3. The smallest absolute Gasteiger partial charge is 0.269 e. The van der Waals surface area contributed by atoms with Crippen LogP contribution >= 0.6 is 0 Å². The van der Waals surface area contributed by atoms with Crippen molar-refractivity contribution >= 4 is 5.91 Å². The quantitative estimate of drug-likeness (QED) is 0.818. The van der Waals surface area contributed by atoms with Crippen molar-refractivity contribution in [2.24, 2.45) is 0 Å². The summed E-state index contributed by atoms with van der Waals surface area (Å²) < 4.78 is 12.6. The van der Waals surface area contributed by atoms with Crippen LogP contribution < -0.4 is 5.32 Å². The number of nitrogens with one attached hydrogen (secondary N) is 1. The highest BCUT2D eigenvalue weighted by Crippen LogP contribution is 2.11. The molecule has 0 saturated heterocycles. The maximum atomic E-state index is 12.6. The molecule has 1 amide bonds. The highest BCUT2D eigenvalue weighted by Gasteiger charge is 2.18. The van der Waals surface area contributed by atoms with Gasteiger partial charge in [0.15, 0.2) is 0 Å². The molecule has 1 unspecified atom stereocenters. The summed E-state index contributed by atoms with van der Waals surface area (Å²) in [6.07, 6.45) is -2.10. The Morgan fingerprint density at radius 2 is 2.07 bits per heavy atom. The Balaban J connectivity index is 2.61. The summed E-state index contributed by atoms with van der Waals surface area (Å²) in [4.78, 5) is 11.0. The maximum Gasteiger partial charge on any atom is 0.269 e. The minimum atomic E-state index is -2.10. The standard InChI is InChI=1S/C11H11FN2O/c1-8(9-5-3-2-4-6-9)14-11(15)10(12)7-13/h2-6,8,10H,1H3,(H,14,15)/t8-,10?/m0/s1. The van der Waals surface area contributed by atoms with Gasteiger partial charge < -0.3 is 5.32 Å². The molecule has 0 bridgehead atoms. The van der Waals surface area contributed by atoms with Crippen LogP contribution in [0.5, 0.6) is 0 Å². The molecule has 0 saturated carbocycles. The Bertz CT molecular complexity index is 372. The molecule has 0 aliphatic carbocycles. The summed E-state index contributed by atoms with van der Waals surface area (Å²) in [6, 6.07) is 10.1. The first-order valence-corrected chi connectivity index (χ1v) is 4.54. The number of benzene rings is 1. The van der Waals surface area contributed by atoms with Crippen molar-refractivity contribution in [3.63, 3.8) is 0 Å². The van der Waals surface area contributed by atoms with E-state index < -0.39 is 12.1 Å². The highest BCUT2D eigenvalue weighted by molar-refractivity contribution is 5.83. The normalized spacial score (nSPS) is 13.7. The maximum absolute atomic E-state index is 12.6. The molecule has 2 atom stereocenters. The van der Waals surface area contributed by atoms with E-state index in [-0.39, 0.29) is 6.04 Å². The van der Waals surface area contributed by atoms with Crippen LogP contribution in [0.2, 0.25) is 0 Å². The van der Waals surface area contributed by atoms with Crippen LogP contribution in [0.3, 0.4) is 0 Å². The van der Waals surface area contributed by atoms with E-state index in [1.165, 1.54) is 6.07 Å². The number of hydrogen-bond donors (Lipinski definition) is 1. The van der Waals surface area contributed by atoms with Crippen molar-refractivity contribution in [1.82, 2.24) is 5.32 Å². The van der Waals surface area contributed by atoms with Gasteiger partial charge in [-0.3, -0.25) is 4.79 Å². The first-order valence-electron chi connectivity index (χ1n) is 4.54. The van der Waals surface area contributed by atoms with Crippen LogP contribution in [0.1, 0.15) is 18.5 Å². The Labute approximate surface area is 87.5 Å². The molecule has 1 N–H and O–H groups in total. The van der Waals surface area contributed by atoms with Crippen LogP contribution in [0.25, 0.3) is 0 Å². The number of halogens is 1. The van der Waals surface area contributed by atoms with Gasteiger partial charge in [-0.2, -0.15) is 5.26 Å². The number of carbonyl (C=O) groups is 1. The summed E-state index contributed by atoms with van der Waals surface area (Å²) in [5.74, 6) is -0.895. The predicted molar refractivity (Wildman–Crippen MR) is 53.5 cm³/mol. The lowest BCUT2D eigenvalue weighted by Gasteiger charge is -2.13. The fourth-order valence-corrected chi connectivity index (χ4v) is 1.17. The molecule has 1 aromatic rings. The SMILES string of the molecule is C[C@H](NC(=O)C(F)C#N)c1ccccc1. The van der Waals surface area contributed by atoms with Gasteiger partial charge in [0.25, 0.3) is 12.1 Å². The molecule has 0 radical (unpaired) electrons. The summed E-state index contributed by atoms with van der Waals surface area (Å²) in [6.45, 7) is 1.73. The van der Waals surface area contributed by atoms with E-state index in [9.17, 15) is 9.18 Å². The average molecular weight is 206 g/mol. The lowest BCUT2D eigenvalue weighted by molar-refractivity contribution is -0.124. The number of nitriles is 1. The van der Waals surface area contributed by atoms with Crippen molar-refractivity contribution in [2.45, 2.75) is 19.1 Å². The van der Waals surface area contributed by atoms with Gasteiger partial charge in [0.1, 0.15) is 6.07 Å². The molecule has 0 aliphatic rings. The summed E-state index contributed by atoms with van der Waals surface area (Å²) in [5, 5.41) is 10.6. The lowest BCUT2D eigenvalue weighted by atomic mass is 10.1. The van der Waals surface area contributed by atoms with Crippen LogP contribution in [-0.2, 0) is 4.79 Å². The zero-order chi connectivity index (χ0) is 11.3. The van der Waals surface area contributed by atoms with Crippen LogP contribution in [0.15, 0.2) is 30.3 Å². The molecule has 1 rings (SSSR count). The molecule has 15 heavy (non-hydrogen) atoms. The zero-order valence-electron chi connectivity index (χ0n) is 8.27. The first kappa shape index (κ1) is 11.2. The molecule has 1 aromatic carbocycles. The van der Waals surface area contributed by atoms with E-state index in [2.05, 4.69) is 5.32 Å². The second-order valence-electron chi connectivity index (χ2n) is 3.13. The van der Waals surface area contributed by atoms with Gasteiger partial charge in [0.2, 0.25) is 0 Å². The number of alkyl halides is 1. The van der Waals surface area contributed by atoms with Crippen LogP contribution in [0, 0.1) is 11.3 Å². The fraction of sp³-hybridized carbons (Fsp3) is 0.273. The van der Waals surface area contributed by atoms with Gasteiger partial charge in [0.05, 0.1) is 6.04 Å². The summed E-state index contributed by atoms with van der Waals surface area (Å²) in [5.41, 5.74) is 0.871. The van der Waals surface area contributed by atoms with Crippen LogP contribution in [0.4, 0.5) is 4.39 Å². The molecule has 0 spiro atoms. The van der Waals surface area contributed by atoms with Gasteiger partial charge in [0, 0.05) is 0 Å². The van der Waals surface area contributed by atoms with Crippen molar-refractivity contribution in [3.8, 4) is 6.07 Å². The van der Waals surface area contributed by atoms with Crippen LogP contribution in [-0.4, -0.2) is 12.1 Å². The Kier molecular flexibility index (Phi) is 3.81. The fourth-order valence-electron chi connectivity index (χ4n) is 1.17. The largest absolute Gasteiger partial charge is 0.346 e. The second-order valence-corrected chi connectivity index (χ2v) is 3.13. The van der Waals surface area contributed by atoms with E-state index in [1.807, 2.05) is 30.3 Å². The Morgan fingerprint density at radius 1 is 1.47 bits per heavy atom. The topological polar surface area (TPSA) is 52.9 Å². The molecular formula is C11H11FN2O. The molecule has 78 valence electrons. The third-order valence-corrected chi connectivity index (χ3v) is 2.00. The summed E-state index contributed by atoms with van der Waals surface area (Å²) >= 11 is 0. The minimum Gasteiger partial charge on any atom is -0.346 e. The van der Waals surface area contributed by atoms with E-state index in [0.29, 0.717) is 0 Å². The number of nitrogens with zero attached hydrogens (tertiary/aromatic N) is 1. The number of amides is 1. The highest BCUT2D eigenvalue weighted by atomic mass is 19.1. The first-order chi connectivity index (χ1) is 7.15. The molecule has 4 heteroatoms. The minimum absolute atomic E-state index is 0.301. The Hall–Kier alpha value is -1.89. The molecule has 0 aromatic heterocycles. The van der Waals surface area contributed by atoms with Gasteiger partial charge in [-0.05, 0) is 12.5 Å². The number of carbonyl (C=O) groups excluding carboxylic acids is 1. The Morgan fingerprint density at radius 3 is 2.60 bits per heavy atom. The monoisotopic (exact) mass is 206 g/mol. The van der Waals surface area contributed by atoms with E-state index >= 15 is 0 Å². The lowest BCUT2D eigenvalue weighted by Crippen LogP contribution is -2.33. The van der Waals surface area contributed by atoms with Crippen molar-refractivity contribution < 1.29 is 9.18 Å². The molecule has 0 aliphatic heterocycles. The van der Waals surface area contributed by atoms with Gasteiger partial charge in [-0.15, -0.1) is 0 Å². The van der Waals surface area contributed by atoms with Crippen molar-refractivity contribution in [2.75, 3.05) is 0 Å².